The fourth-order valence-corrected chi connectivity index (χ4v) is 4.80. The number of anilines is 1. The second kappa shape index (κ2) is 10.1. The highest BCUT2D eigenvalue weighted by atomic mass is 19.1. The van der Waals surface area contributed by atoms with Crippen LogP contribution in [0.3, 0.4) is 0 Å². The number of rotatable bonds is 8. The molecule has 188 valence electrons. The van der Waals surface area contributed by atoms with Gasteiger partial charge in [-0.15, -0.1) is 5.10 Å². The van der Waals surface area contributed by atoms with Gasteiger partial charge < -0.3 is 14.6 Å². The van der Waals surface area contributed by atoms with Crippen LogP contribution in [0.15, 0.2) is 73.4 Å². The zero-order chi connectivity index (χ0) is 25.2. The lowest BCUT2D eigenvalue weighted by Gasteiger charge is -2.17. The molecule has 0 saturated carbocycles. The number of nitrogens with zero attached hydrogens (tertiary/aromatic N) is 7. The summed E-state index contributed by atoms with van der Waals surface area (Å²) in [5.74, 6) is -0.219. The van der Waals surface area contributed by atoms with Crippen LogP contribution in [-0.4, -0.2) is 42.5 Å². The van der Waals surface area contributed by atoms with Gasteiger partial charge in [-0.05, 0) is 55.2 Å². The molecule has 5 heterocycles. The Labute approximate surface area is 214 Å². The summed E-state index contributed by atoms with van der Waals surface area (Å²) in [5, 5.41) is 12.2. The highest BCUT2D eigenvalue weighted by molar-refractivity contribution is 5.63. The van der Waals surface area contributed by atoms with Crippen LogP contribution in [0.5, 0.6) is 0 Å². The fourth-order valence-electron chi connectivity index (χ4n) is 4.80. The lowest BCUT2D eigenvalue weighted by molar-refractivity contribution is 0.570. The molecule has 6 rings (SSSR count). The minimum Gasteiger partial charge on any atom is -0.370 e. The average molecular weight is 497 g/mol. The van der Waals surface area contributed by atoms with E-state index < -0.39 is 0 Å². The van der Waals surface area contributed by atoms with Crippen LogP contribution in [0.2, 0.25) is 0 Å². The molecule has 8 nitrogen and oxygen atoms in total. The molecule has 0 amide bonds. The van der Waals surface area contributed by atoms with Gasteiger partial charge in [0.25, 0.3) is 0 Å². The zero-order valence-corrected chi connectivity index (χ0v) is 20.8. The molecule has 1 aromatic carbocycles. The van der Waals surface area contributed by atoms with Crippen LogP contribution in [0, 0.1) is 5.82 Å². The van der Waals surface area contributed by atoms with Crippen molar-refractivity contribution >= 4 is 11.3 Å². The molecule has 5 aromatic rings. The summed E-state index contributed by atoms with van der Waals surface area (Å²) >= 11 is 0. The van der Waals surface area contributed by atoms with E-state index in [4.69, 9.17) is 4.98 Å². The zero-order valence-electron chi connectivity index (χ0n) is 20.8. The maximum atomic E-state index is 13.2. The second-order valence-corrected chi connectivity index (χ2v) is 9.62. The molecule has 1 saturated heterocycles. The van der Waals surface area contributed by atoms with E-state index in [0.717, 1.165) is 52.5 Å². The van der Waals surface area contributed by atoms with E-state index in [1.54, 1.807) is 0 Å². The van der Waals surface area contributed by atoms with Gasteiger partial charge in [0.05, 0.1) is 30.3 Å². The standard InChI is InChI=1S/C28H29FN8/c1-20(22-5-7-24(29)8-6-22)31-13-21-4-9-28-32-25(17-36(28)16-21)18-37-19-27(33-34-37)23-12-26(15-30-14-23)35-10-2-3-11-35/h4-9,12,14-17,19-20,31H,2-3,10-11,13,18H2,1H3. The normalized spacial score (nSPS) is 14.5. The molecule has 37 heavy (non-hydrogen) atoms. The quantitative estimate of drug-likeness (QED) is 0.338. The van der Waals surface area contributed by atoms with Crippen molar-refractivity contribution in [1.29, 1.82) is 0 Å². The maximum Gasteiger partial charge on any atom is 0.137 e. The first-order valence-electron chi connectivity index (χ1n) is 12.7. The Hall–Kier alpha value is -4.11. The summed E-state index contributed by atoms with van der Waals surface area (Å²) in [5.41, 5.74) is 6.90. The van der Waals surface area contributed by atoms with Gasteiger partial charge >= 0.3 is 0 Å². The van der Waals surface area contributed by atoms with Gasteiger partial charge in [-0.1, -0.05) is 23.4 Å². The van der Waals surface area contributed by atoms with Gasteiger partial charge in [-0.2, -0.15) is 0 Å². The first kappa shape index (κ1) is 23.3. The molecular weight excluding hydrogens is 467 g/mol. The molecular formula is C28H29FN8. The second-order valence-electron chi connectivity index (χ2n) is 9.62. The number of fused-ring (bicyclic) bond motifs is 1. The summed E-state index contributed by atoms with van der Waals surface area (Å²) in [4.78, 5) is 11.5. The molecule has 1 fully saturated rings. The average Bonchev–Trinajstić information content (AvgIpc) is 3.69. The molecule has 4 aromatic heterocycles. The number of halogens is 1. The minimum absolute atomic E-state index is 0.113. The van der Waals surface area contributed by atoms with E-state index in [1.807, 2.05) is 52.1 Å². The molecule has 1 atom stereocenters. The number of pyridine rings is 2. The Kier molecular flexibility index (Phi) is 6.36. The number of hydrogen-bond acceptors (Lipinski definition) is 6. The number of nitrogens with one attached hydrogen (secondary N) is 1. The van der Waals surface area contributed by atoms with Crippen molar-refractivity contribution in [2.45, 2.75) is 38.9 Å². The Bertz CT molecular complexity index is 1500. The third kappa shape index (κ3) is 5.22. The van der Waals surface area contributed by atoms with Gasteiger partial charge in [-0.3, -0.25) is 4.98 Å². The topological polar surface area (TPSA) is 76.2 Å². The van der Waals surface area contributed by atoms with Crippen molar-refractivity contribution < 1.29 is 4.39 Å². The minimum atomic E-state index is -0.219. The molecule has 0 bridgehead atoms. The van der Waals surface area contributed by atoms with Gasteiger partial charge in [0.15, 0.2) is 0 Å². The van der Waals surface area contributed by atoms with Gasteiger partial charge in [0.1, 0.15) is 17.2 Å². The van der Waals surface area contributed by atoms with Gasteiger partial charge in [0, 0.05) is 49.8 Å². The lowest BCUT2D eigenvalue weighted by atomic mass is 10.1. The van der Waals surface area contributed by atoms with E-state index in [0.29, 0.717) is 13.1 Å². The van der Waals surface area contributed by atoms with Crippen LogP contribution >= 0.6 is 0 Å². The third-order valence-corrected chi connectivity index (χ3v) is 6.90. The summed E-state index contributed by atoms with van der Waals surface area (Å²) in [6, 6.07) is 13.0. The van der Waals surface area contributed by atoms with Gasteiger partial charge in [0.2, 0.25) is 0 Å². The van der Waals surface area contributed by atoms with Gasteiger partial charge in [-0.25, -0.2) is 14.1 Å². The fraction of sp³-hybridized carbons (Fsp3) is 0.286. The Morgan fingerprint density at radius 2 is 1.84 bits per heavy atom. The van der Waals surface area contributed by atoms with Crippen LogP contribution in [0.25, 0.3) is 16.9 Å². The molecule has 0 spiro atoms. The predicted octanol–water partition coefficient (Wildman–Crippen LogP) is 4.63. The summed E-state index contributed by atoms with van der Waals surface area (Å²) in [6.07, 6.45) is 12.3. The highest BCUT2D eigenvalue weighted by Crippen LogP contribution is 2.24. The van der Waals surface area contributed by atoms with Crippen LogP contribution in [0.4, 0.5) is 10.1 Å². The molecule has 1 unspecified atom stereocenters. The Morgan fingerprint density at radius 1 is 1.00 bits per heavy atom. The lowest BCUT2D eigenvalue weighted by Crippen LogP contribution is -2.18. The Morgan fingerprint density at radius 3 is 2.68 bits per heavy atom. The summed E-state index contributed by atoms with van der Waals surface area (Å²) in [7, 11) is 0. The van der Waals surface area contributed by atoms with E-state index in [2.05, 4.69) is 50.8 Å². The van der Waals surface area contributed by atoms with Crippen molar-refractivity contribution in [2.24, 2.45) is 0 Å². The first-order chi connectivity index (χ1) is 18.1. The van der Waals surface area contributed by atoms with Crippen molar-refractivity contribution in [3.63, 3.8) is 0 Å². The highest BCUT2D eigenvalue weighted by Gasteiger charge is 2.14. The van der Waals surface area contributed by atoms with Crippen molar-refractivity contribution in [3.8, 4) is 11.3 Å². The smallest absolute Gasteiger partial charge is 0.137 e. The van der Waals surface area contributed by atoms with E-state index >= 15 is 0 Å². The number of benzene rings is 1. The monoisotopic (exact) mass is 496 g/mol. The summed E-state index contributed by atoms with van der Waals surface area (Å²) < 4.78 is 17.0. The molecule has 9 heteroatoms. The number of imidazole rings is 1. The molecule has 0 aliphatic carbocycles. The van der Waals surface area contributed by atoms with Crippen LogP contribution in [-0.2, 0) is 13.1 Å². The predicted molar refractivity (Wildman–Crippen MR) is 141 cm³/mol. The van der Waals surface area contributed by atoms with Crippen molar-refractivity contribution in [3.05, 3.63) is 96.1 Å². The first-order valence-corrected chi connectivity index (χ1v) is 12.7. The van der Waals surface area contributed by atoms with Crippen LogP contribution in [0.1, 0.15) is 42.6 Å². The number of hydrogen-bond donors (Lipinski definition) is 1. The summed E-state index contributed by atoms with van der Waals surface area (Å²) in [6.45, 7) is 5.46. The molecule has 1 aliphatic heterocycles. The molecule has 1 aliphatic rings. The number of aromatic nitrogens is 6. The maximum absolute atomic E-state index is 13.2. The van der Waals surface area contributed by atoms with E-state index in [-0.39, 0.29) is 11.9 Å². The largest absolute Gasteiger partial charge is 0.370 e. The van der Waals surface area contributed by atoms with E-state index in [9.17, 15) is 4.39 Å². The SMILES string of the molecule is CC(NCc1ccc2nc(Cn3cc(-c4cncc(N5CCCC5)c4)nn3)cn2c1)c1ccc(F)cc1. The van der Waals surface area contributed by atoms with Crippen LogP contribution < -0.4 is 10.2 Å². The molecule has 0 radical (unpaired) electrons. The van der Waals surface area contributed by atoms with Crippen molar-refractivity contribution in [1.82, 2.24) is 34.7 Å². The Balaban J connectivity index is 1.12. The third-order valence-electron chi connectivity index (χ3n) is 6.90. The molecule has 1 N–H and O–H groups in total. The van der Waals surface area contributed by atoms with E-state index in [1.165, 1.54) is 25.0 Å². The van der Waals surface area contributed by atoms with Crippen molar-refractivity contribution in [2.75, 3.05) is 18.0 Å².